The van der Waals surface area contributed by atoms with Crippen LogP contribution in [0.2, 0.25) is 0 Å². The number of aliphatic hydroxyl groups is 1. The van der Waals surface area contributed by atoms with Gasteiger partial charge in [-0.3, -0.25) is 0 Å². The average Bonchev–Trinajstić information content (AvgIpc) is 2.56. The summed E-state index contributed by atoms with van der Waals surface area (Å²) in [6.45, 7) is 1.38. The summed E-state index contributed by atoms with van der Waals surface area (Å²) in [6.07, 6.45) is 7.48. The fourth-order valence-electron chi connectivity index (χ4n) is 2.14. The van der Waals surface area contributed by atoms with Crippen molar-refractivity contribution in [1.29, 1.82) is 0 Å². The maximum Gasteiger partial charge on any atom is 0.335 e. The van der Waals surface area contributed by atoms with Gasteiger partial charge in [0.15, 0.2) is 5.60 Å². The highest BCUT2D eigenvalue weighted by Gasteiger charge is 2.29. The van der Waals surface area contributed by atoms with E-state index in [2.05, 4.69) is 0 Å². The molecule has 0 saturated heterocycles. The van der Waals surface area contributed by atoms with Crippen LogP contribution < -0.4 is 0 Å². The largest absolute Gasteiger partial charge is 0.479 e. The Bertz CT molecular complexity index is 193. The van der Waals surface area contributed by atoms with Crippen LogP contribution in [0.1, 0.15) is 51.9 Å². The molecule has 82 valence electrons. The number of hydrogen-bond donors (Lipinski definition) is 2. The molecule has 14 heavy (non-hydrogen) atoms. The van der Waals surface area contributed by atoms with Crippen LogP contribution in [0, 0.1) is 5.92 Å². The molecule has 3 heteroatoms. The van der Waals surface area contributed by atoms with Gasteiger partial charge < -0.3 is 10.2 Å². The van der Waals surface area contributed by atoms with Crippen LogP contribution in [0.15, 0.2) is 0 Å². The van der Waals surface area contributed by atoms with Gasteiger partial charge in [-0.2, -0.15) is 0 Å². The van der Waals surface area contributed by atoms with Crippen molar-refractivity contribution in [2.45, 2.75) is 57.5 Å². The van der Waals surface area contributed by atoms with Crippen molar-refractivity contribution in [3.05, 3.63) is 0 Å². The molecule has 1 saturated carbocycles. The molecule has 1 fully saturated rings. The Hall–Kier alpha value is -0.570. The first-order chi connectivity index (χ1) is 6.52. The van der Waals surface area contributed by atoms with E-state index in [1.165, 1.54) is 32.6 Å². The van der Waals surface area contributed by atoms with Crippen molar-refractivity contribution in [3.63, 3.8) is 0 Å². The summed E-state index contributed by atoms with van der Waals surface area (Å²) in [5.41, 5.74) is -1.53. The molecule has 0 aromatic heterocycles. The highest BCUT2D eigenvalue weighted by molar-refractivity contribution is 5.76. The van der Waals surface area contributed by atoms with Crippen molar-refractivity contribution in [2.75, 3.05) is 0 Å². The Morgan fingerprint density at radius 1 is 1.43 bits per heavy atom. The number of carbonyl (C=O) groups is 1. The normalized spacial score (nSPS) is 22.1. The fraction of sp³-hybridized carbons (Fsp3) is 0.909. The molecule has 3 nitrogen and oxygen atoms in total. The second-order valence-electron chi connectivity index (χ2n) is 4.62. The van der Waals surface area contributed by atoms with E-state index in [1.807, 2.05) is 0 Å². The summed E-state index contributed by atoms with van der Waals surface area (Å²) in [4.78, 5) is 10.6. The Morgan fingerprint density at radius 2 is 2.00 bits per heavy atom. The SMILES string of the molecule is CC(O)(CCCC1CCCC1)C(=O)O. The third-order valence-corrected chi connectivity index (χ3v) is 3.21. The first-order valence-electron chi connectivity index (χ1n) is 5.48. The summed E-state index contributed by atoms with van der Waals surface area (Å²) in [7, 11) is 0. The molecule has 0 bridgehead atoms. The monoisotopic (exact) mass is 200 g/mol. The van der Waals surface area contributed by atoms with Crippen LogP contribution in [-0.4, -0.2) is 21.8 Å². The number of carboxylic acids is 1. The number of hydrogen-bond acceptors (Lipinski definition) is 2. The molecular formula is C11H20O3. The van der Waals surface area contributed by atoms with Crippen LogP contribution in [0.5, 0.6) is 0 Å². The zero-order valence-corrected chi connectivity index (χ0v) is 8.83. The summed E-state index contributed by atoms with van der Waals surface area (Å²) >= 11 is 0. The average molecular weight is 200 g/mol. The second kappa shape index (κ2) is 4.78. The molecule has 1 aliphatic rings. The lowest BCUT2D eigenvalue weighted by atomic mass is 9.94. The summed E-state index contributed by atoms with van der Waals surface area (Å²) in [5, 5.41) is 18.1. The Balaban J connectivity index is 2.16. The summed E-state index contributed by atoms with van der Waals surface area (Å²) in [6, 6.07) is 0. The Kier molecular flexibility index (Phi) is 3.93. The molecule has 0 amide bonds. The molecule has 2 N–H and O–H groups in total. The van der Waals surface area contributed by atoms with Gasteiger partial charge in [0.05, 0.1) is 0 Å². The van der Waals surface area contributed by atoms with E-state index in [0.29, 0.717) is 6.42 Å². The molecule has 0 radical (unpaired) electrons. The molecule has 1 unspecified atom stereocenters. The van der Waals surface area contributed by atoms with Crippen molar-refractivity contribution in [2.24, 2.45) is 5.92 Å². The van der Waals surface area contributed by atoms with E-state index in [1.54, 1.807) is 0 Å². The van der Waals surface area contributed by atoms with Gasteiger partial charge >= 0.3 is 5.97 Å². The first-order valence-corrected chi connectivity index (χ1v) is 5.48. The number of aliphatic carboxylic acids is 1. The molecule has 0 aromatic rings. The summed E-state index contributed by atoms with van der Waals surface area (Å²) < 4.78 is 0. The third-order valence-electron chi connectivity index (χ3n) is 3.21. The first kappa shape index (κ1) is 11.5. The fourth-order valence-corrected chi connectivity index (χ4v) is 2.14. The van der Waals surface area contributed by atoms with Gasteiger partial charge in [0, 0.05) is 0 Å². The van der Waals surface area contributed by atoms with Crippen molar-refractivity contribution < 1.29 is 15.0 Å². The van der Waals surface area contributed by atoms with Crippen molar-refractivity contribution >= 4 is 5.97 Å². The molecule has 0 aromatic carbocycles. The van der Waals surface area contributed by atoms with Crippen molar-refractivity contribution in [1.82, 2.24) is 0 Å². The highest BCUT2D eigenvalue weighted by atomic mass is 16.4. The predicted molar refractivity (Wildman–Crippen MR) is 54.1 cm³/mol. The van der Waals surface area contributed by atoms with Gasteiger partial charge in [0.25, 0.3) is 0 Å². The number of carboxylic acid groups (broad SMARTS) is 1. The molecule has 1 atom stereocenters. The van der Waals surface area contributed by atoms with E-state index in [-0.39, 0.29) is 0 Å². The summed E-state index contributed by atoms with van der Waals surface area (Å²) in [5.74, 6) is -0.330. The van der Waals surface area contributed by atoms with Crippen LogP contribution in [0.25, 0.3) is 0 Å². The molecule has 1 rings (SSSR count). The molecule has 0 aliphatic heterocycles. The lowest BCUT2D eigenvalue weighted by Crippen LogP contribution is -2.34. The van der Waals surface area contributed by atoms with Crippen LogP contribution >= 0.6 is 0 Å². The van der Waals surface area contributed by atoms with E-state index in [0.717, 1.165) is 18.8 Å². The standard InChI is InChI=1S/C11H20O3/c1-11(14,10(12)13)8-4-7-9-5-2-3-6-9/h9,14H,2-8H2,1H3,(H,12,13). The van der Waals surface area contributed by atoms with Crippen LogP contribution in [-0.2, 0) is 4.79 Å². The zero-order chi connectivity index (χ0) is 10.6. The van der Waals surface area contributed by atoms with Gasteiger partial charge in [-0.15, -0.1) is 0 Å². The maximum atomic E-state index is 10.6. The lowest BCUT2D eigenvalue weighted by molar-refractivity contribution is -0.157. The minimum atomic E-state index is -1.53. The highest BCUT2D eigenvalue weighted by Crippen LogP contribution is 2.29. The van der Waals surface area contributed by atoms with Gasteiger partial charge in [0.2, 0.25) is 0 Å². The minimum Gasteiger partial charge on any atom is -0.479 e. The molecule has 0 spiro atoms. The molecular weight excluding hydrogens is 180 g/mol. The lowest BCUT2D eigenvalue weighted by Gasteiger charge is -2.18. The minimum absolute atomic E-state index is 0.374. The molecule has 1 aliphatic carbocycles. The zero-order valence-electron chi connectivity index (χ0n) is 8.83. The van der Waals surface area contributed by atoms with E-state index in [9.17, 15) is 9.90 Å². The third kappa shape index (κ3) is 3.29. The Morgan fingerprint density at radius 3 is 2.50 bits per heavy atom. The van der Waals surface area contributed by atoms with Crippen molar-refractivity contribution in [3.8, 4) is 0 Å². The van der Waals surface area contributed by atoms with Crippen LogP contribution in [0.3, 0.4) is 0 Å². The van der Waals surface area contributed by atoms with Gasteiger partial charge in [-0.25, -0.2) is 4.79 Å². The quantitative estimate of drug-likeness (QED) is 0.715. The van der Waals surface area contributed by atoms with E-state index >= 15 is 0 Å². The Labute approximate surface area is 85.1 Å². The topological polar surface area (TPSA) is 57.5 Å². The second-order valence-corrected chi connectivity index (χ2v) is 4.62. The maximum absolute atomic E-state index is 10.6. The van der Waals surface area contributed by atoms with Crippen LogP contribution in [0.4, 0.5) is 0 Å². The van der Waals surface area contributed by atoms with Gasteiger partial charge in [0.1, 0.15) is 0 Å². The molecule has 0 heterocycles. The van der Waals surface area contributed by atoms with E-state index < -0.39 is 11.6 Å². The smallest absolute Gasteiger partial charge is 0.335 e. The predicted octanol–water partition coefficient (Wildman–Crippen LogP) is 2.18. The number of rotatable bonds is 5. The van der Waals surface area contributed by atoms with Gasteiger partial charge in [-0.1, -0.05) is 32.1 Å². The van der Waals surface area contributed by atoms with Gasteiger partial charge in [-0.05, 0) is 25.7 Å². The van der Waals surface area contributed by atoms with E-state index in [4.69, 9.17) is 5.11 Å².